The number of benzene rings is 1. The van der Waals surface area contributed by atoms with Crippen LogP contribution in [-0.2, 0) is 4.79 Å². The number of halogens is 2. The van der Waals surface area contributed by atoms with E-state index in [4.69, 9.17) is 22.0 Å². The van der Waals surface area contributed by atoms with E-state index in [2.05, 4.69) is 15.0 Å². The first-order valence-electron chi connectivity index (χ1n) is 6.25. The molecule has 110 valence electrons. The molecule has 0 unspecified atom stereocenters. The van der Waals surface area contributed by atoms with Crippen molar-refractivity contribution in [1.29, 1.82) is 0 Å². The Morgan fingerprint density at radius 3 is 2.68 bits per heavy atom. The monoisotopic (exact) mass is 424 g/mol. The summed E-state index contributed by atoms with van der Waals surface area (Å²) in [6.07, 6.45) is 0. The molecule has 1 aromatic carbocycles. The fourth-order valence-electron chi connectivity index (χ4n) is 1.96. The molecule has 8 heteroatoms. The minimum absolute atomic E-state index is 0.103. The van der Waals surface area contributed by atoms with Gasteiger partial charge in [-0.1, -0.05) is 0 Å². The molecule has 22 heavy (non-hydrogen) atoms. The normalized spacial score (nSPS) is 11.0. The number of rotatable bonds is 3. The Kier molecular flexibility index (Phi) is 4.35. The topological polar surface area (TPSA) is 67.9 Å². The summed E-state index contributed by atoms with van der Waals surface area (Å²) in [4.78, 5) is 22.4. The van der Waals surface area contributed by atoms with E-state index in [9.17, 15) is 4.79 Å². The molecule has 0 aliphatic carbocycles. The average molecular weight is 424 g/mol. The van der Waals surface area contributed by atoms with Crippen molar-refractivity contribution in [3.05, 3.63) is 38.9 Å². The van der Waals surface area contributed by atoms with E-state index in [1.54, 1.807) is 6.07 Å². The van der Waals surface area contributed by atoms with Crippen molar-refractivity contribution in [2.45, 2.75) is 6.92 Å². The van der Waals surface area contributed by atoms with Gasteiger partial charge in [0.1, 0.15) is 0 Å². The summed E-state index contributed by atoms with van der Waals surface area (Å²) in [5.41, 5.74) is 8.24. The van der Waals surface area contributed by atoms with Crippen molar-refractivity contribution in [2.24, 2.45) is 0 Å². The molecule has 3 rings (SSSR count). The number of aromatic amines is 1. The zero-order valence-electron chi connectivity index (χ0n) is 11.4. The van der Waals surface area contributed by atoms with Crippen LogP contribution < -0.4 is 25.7 Å². The molecular weight excluding hydrogens is 415 g/mol. The van der Waals surface area contributed by atoms with Gasteiger partial charge < -0.3 is 0 Å². The van der Waals surface area contributed by atoms with Gasteiger partial charge in [-0.2, -0.15) is 0 Å². The Morgan fingerprint density at radius 1 is 1.32 bits per heavy atom. The van der Waals surface area contributed by atoms with Crippen molar-refractivity contribution < 1.29 is 30.5 Å². The summed E-state index contributed by atoms with van der Waals surface area (Å²) in [6, 6.07) is 9.62. The van der Waals surface area contributed by atoms with Gasteiger partial charge in [-0.15, -0.1) is 0 Å². The molecule has 0 amide bonds. The van der Waals surface area contributed by atoms with Crippen LogP contribution in [0.3, 0.4) is 0 Å². The van der Waals surface area contributed by atoms with Gasteiger partial charge in [-0.25, -0.2) is 0 Å². The molecule has 0 saturated carbocycles. The van der Waals surface area contributed by atoms with Gasteiger partial charge in [0.05, 0.1) is 0 Å². The number of nitrogens with zero attached hydrogens (tertiary/aromatic N) is 2. The predicted octanol–water partition coefficient (Wildman–Crippen LogP) is -0.454. The average Bonchev–Trinajstić information content (AvgIpc) is 2.86. The summed E-state index contributed by atoms with van der Waals surface area (Å²) in [6.45, 7) is 1.31. The molecular formula is C14H9BClIN3O2-. The number of pyridine rings is 1. The minimum atomic E-state index is -0.453. The second-order valence-corrected chi connectivity index (χ2v) is 6.72. The molecule has 0 atom stereocenters. The number of nitrogens with one attached hydrogen (secondary N) is 1. The number of fused-ring (bicyclic) bond motifs is 1. The predicted molar refractivity (Wildman–Crippen MR) is 80.1 cm³/mol. The van der Waals surface area contributed by atoms with Crippen molar-refractivity contribution in [3.63, 3.8) is 0 Å². The Labute approximate surface area is 142 Å². The zero-order chi connectivity index (χ0) is 15.7. The van der Waals surface area contributed by atoms with Crippen LogP contribution in [0.15, 0.2) is 30.3 Å². The third kappa shape index (κ3) is 3.10. The van der Waals surface area contributed by atoms with Crippen LogP contribution in [0.2, 0.25) is 5.02 Å². The Bertz CT molecular complexity index is 851. The number of imidazole rings is 1. The summed E-state index contributed by atoms with van der Waals surface area (Å²) in [5.74, 6) is -0.453. The fraction of sp³-hybridized carbons (Fsp3) is 0.0714. The Morgan fingerprint density at radius 2 is 2.05 bits per heavy atom. The number of hydrogen-bond donors (Lipinski definition) is 1. The molecule has 0 fully saturated rings. The van der Waals surface area contributed by atoms with Gasteiger partial charge in [-0.3, -0.25) is 0 Å². The first kappa shape index (κ1) is 15.3. The molecule has 0 aliphatic rings. The van der Waals surface area contributed by atoms with Gasteiger partial charge in [0, 0.05) is 0 Å². The number of H-pyrrole nitrogens is 1. The molecule has 0 bridgehead atoms. The van der Waals surface area contributed by atoms with Crippen molar-refractivity contribution in [2.75, 3.05) is 0 Å². The summed E-state index contributed by atoms with van der Waals surface area (Å²) < 4.78 is 6.05. The van der Waals surface area contributed by atoms with Gasteiger partial charge >= 0.3 is 143 Å². The van der Waals surface area contributed by atoms with Crippen LogP contribution in [0.4, 0.5) is 0 Å². The van der Waals surface area contributed by atoms with Crippen LogP contribution in [0.1, 0.15) is 6.92 Å². The molecule has 2 heterocycles. The van der Waals surface area contributed by atoms with Crippen LogP contribution in [-0.4, -0.2) is 26.6 Å². The summed E-state index contributed by atoms with van der Waals surface area (Å²) >= 11 is 5.86. The molecule has 0 spiro atoms. The van der Waals surface area contributed by atoms with E-state index < -0.39 is 27.0 Å². The van der Waals surface area contributed by atoms with Crippen LogP contribution in [0.25, 0.3) is 22.4 Å². The Balaban J connectivity index is 2.05. The summed E-state index contributed by atoms with van der Waals surface area (Å²) in [7, 11) is 0. The fourth-order valence-corrected chi connectivity index (χ4v) is 3.00. The second kappa shape index (κ2) is 6.25. The zero-order valence-corrected chi connectivity index (χ0v) is 14.3. The van der Waals surface area contributed by atoms with Crippen molar-refractivity contribution in [1.82, 2.24) is 15.0 Å². The van der Waals surface area contributed by atoms with Crippen molar-refractivity contribution in [3.8, 4) is 17.3 Å². The number of carbonyl (C=O) groups is 1. The molecule has 2 aromatic heterocycles. The maximum absolute atomic E-state index is 11.0. The molecule has 2 radical (unpaired) electrons. The molecule has 0 saturated heterocycles. The van der Waals surface area contributed by atoms with E-state index in [0.717, 1.165) is 9.13 Å². The van der Waals surface area contributed by atoms with Crippen LogP contribution in [0.5, 0.6) is 6.01 Å². The molecule has 5 nitrogen and oxygen atoms in total. The van der Waals surface area contributed by atoms with Gasteiger partial charge in [0.25, 0.3) is 0 Å². The van der Waals surface area contributed by atoms with Crippen LogP contribution >= 0.6 is 11.6 Å². The van der Waals surface area contributed by atoms with E-state index >= 15 is 0 Å². The first-order chi connectivity index (χ1) is 10.6. The van der Waals surface area contributed by atoms with Gasteiger partial charge in [0.2, 0.25) is 0 Å². The van der Waals surface area contributed by atoms with Crippen molar-refractivity contribution >= 4 is 34.4 Å². The van der Waals surface area contributed by atoms with Crippen LogP contribution in [0, 0.1) is 3.57 Å². The number of esters is 1. The van der Waals surface area contributed by atoms with Gasteiger partial charge in [0.15, 0.2) is 0 Å². The number of aromatic nitrogens is 3. The van der Waals surface area contributed by atoms with Gasteiger partial charge in [-0.05, 0) is 0 Å². The number of hydrogen-bond acceptors (Lipinski definition) is 4. The standard InChI is InChI=1S/C14H9BClIN3O2/c1-7(21)22-14-18-11-6-10(16)12(19-13(11)20-14)8-2-4-9(17-15)5-3-8/h2-6H,1H3,(H,18,19,20)/q-1. The summed E-state index contributed by atoms with van der Waals surface area (Å²) in [5, 5.41) is 0.487. The second-order valence-electron chi connectivity index (χ2n) is 4.44. The number of carbonyl (C=O) groups excluding carboxylic acids is 1. The SMILES string of the molecule is [B][I-]c1ccc(-c2nc3nc(OC(C)=O)[nH]c3cc2Cl)cc1. The molecule has 1 N–H and O–H groups in total. The quantitative estimate of drug-likeness (QED) is 0.351. The maximum atomic E-state index is 11.0. The third-order valence-electron chi connectivity index (χ3n) is 2.89. The molecule has 3 aromatic rings. The third-order valence-corrected chi connectivity index (χ3v) is 4.62. The van der Waals surface area contributed by atoms with E-state index in [1.807, 2.05) is 24.3 Å². The molecule has 0 aliphatic heterocycles. The van der Waals surface area contributed by atoms with E-state index in [0.29, 0.717) is 21.9 Å². The van der Waals surface area contributed by atoms with E-state index in [1.165, 1.54) is 6.92 Å². The number of ether oxygens (including phenoxy) is 1. The Hall–Kier alpha value is -1.61. The van der Waals surface area contributed by atoms with E-state index in [-0.39, 0.29) is 6.01 Å². The first-order valence-corrected chi connectivity index (χ1v) is 8.95.